The fourth-order valence-electron chi connectivity index (χ4n) is 4.51. The predicted molar refractivity (Wildman–Crippen MR) is 107 cm³/mol. The van der Waals surface area contributed by atoms with Crippen LogP contribution in [0.5, 0.6) is 0 Å². The minimum Gasteiger partial charge on any atom is -0.459 e. The Bertz CT molecular complexity index is 905. The highest BCUT2D eigenvalue weighted by molar-refractivity contribution is 6.39. The van der Waals surface area contributed by atoms with Crippen molar-refractivity contribution in [1.29, 1.82) is 0 Å². The van der Waals surface area contributed by atoms with Gasteiger partial charge in [-0.2, -0.15) is 0 Å². The molecule has 5 nitrogen and oxygen atoms in total. The first-order valence-electron chi connectivity index (χ1n) is 9.86. The van der Waals surface area contributed by atoms with Crippen LogP contribution in [0.25, 0.3) is 11.3 Å². The van der Waals surface area contributed by atoms with Crippen LogP contribution in [0, 0.1) is 0 Å². The molecule has 3 heterocycles. The second-order valence-corrected chi connectivity index (χ2v) is 9.34. The van der Waals surface area contributed by atoms with Crippen LogP contribution < -0.4 is 5.32 Å². The fourth-order valence-corrected chi connectivity index (χ4v) is 5.09. The molecule has 1 saturated carbocycles. The molecular weight excluding hydrogens is 399 g/mol. The van der Waals surface area contributed by atoms with Crippen molar-refractivity contribution in [2.45, 2.75) is 69.1 Å². The fraction of sp³-hybridized carbons (Fsp3) is 0.524. The third-order valence-electron chi connectivity index (χ3n) is 6.35. The quantitative estimate of drug-likeness (QED) is 0.693. The summed E-state index contributed by atoms with van der Waals surface area (Å²) in [5, 5.41) is 8.65. The molecule has 3 atom stereocenters. The lowest BCUT2D eigenvalue weighted by Gasteiger charge is -2.28. The van der Waals surface area contributed by atoms with Gasteiger partial charge in [0.25, 0.3) is 0 Å². The van der Waals surface area contributed by atoms with Gasteiger partial charge in [-0.15, -0.1) is 0 Å². The Morgan fingerprint density at radius 1 is 1.21 bits per heavy atom. The SMILES string of the molecule is CC1(c2onc(-c3c(Cl)cccc3Cl)c2C(=O)OC2C[C@H]3CC[C@@H](C2)N3)CC1. The molecule has 0 radical (unpaired) electrons. The van der Waals surface area contributed by atoms with E-state index in [1.54, 1.807) is 18.2 Å². The highest BCUT2D eigenvalue weighted by atomic mass is 35.5. The smallest absolute Gasteiger partial charge is 0.344 e. The number of ether oxygens (including phenoxy) is 1. The molecule has 7 heteroatoms. The molecule has 3 aliphatic rings. The lowest BCUT2D eigenvalue weighted by atomic mass is 9.97. The number of aromatic nitrogens is 1. The molecule has 1 unspecified atom stereocenters. The molecule has 5 rings (SSSR count). The van der Waals surface area contributed by atoms with E-state index in [2.05, 4.69) is 17.4 Å². The summed E-state index contributed by atoms with van der Waals surface area (Å²) in [4.78, 5) is 13.3. The van der Waals surface area contributed by atoms with E-state index in [9.17, 15) is 4.79 Å². The topological polar surface area (TPSA) is 64.4 Å². The van der Waals surface area contributed by atoms with Gasteiger partial charge in [0.05, 0.1) is 10.0 Å². The number of hydrogen-bond acceptors (Lipinski definition) is 5. The molecule has 2 saturated heterocycles. The van der Waals surface area contributed by atoms with Crippen LogP contribution in [0.2, 0.25) is 10.0 Å². The van der Waals surface area contributed by atoms with Crippen molar-refractivity contribution in [3.05, 3.63) is 39.6 Å². The first-order chi connectivity index (χ1) is 13.4. The van der Waals surface area contributed by atoms with Crippen LogP contribution in [0.15, 0.2) is 22.7 Å². The first-order valence-corrected chi connectivity index (χ1v) is 10.6. The molecule has 2 aromatic rings. The van der Waals surface area contributed by atoms with Crippen molar-refractivity contribution >= 4 is 29.2 Å². The number of fused-ring (bicyclic) bond motifs is 2. The molecule has 148 valence electrons. The van der Waals surface area contributed by atoms with Crippen molar-refractivity contribution in [3.8, 4) is 11.3 Å². The van der Waals surface area contributed by atoms with Gasteiger partial charge in [0.15, 0.2) is 5.76 Å². The molecule has 0 amide bonds. The maximum Gasteiger partial charge on any atom is 0.344 e. The van der Waals surface area contributed by atoms with Gasteiger partial charge in [-0.25, -0.2) is 4.79 Å². The van der Waals surface area contributed by atoms with Crippen LogP contribution >= 0.6 is 23.2 Å². The number of halogens is 2. The van der Waals surface area contributed by atoms with Gasteiger partial charge < -0.3 is 14.6 Å². The maximum atomic E-state index is 13.3. The van der Waals surface area contributed by atoms with E-state index in [0.29, 0.717) is 44.7 Å². The predicted octanol–water partition coefficient (Wildman–Crippen LogP) is 5.14. The molecule has 1 aliphatic carbocycles. The Kier molecular flexibility index (Phi) is 4.45. The lowest BCUT2D eigenvalue weighted by molar-refractivity contribution is 0.0174. The van der Waals surface area contributed by atoms with Gasteiger partial charge in [0.1, 0.15) is 17.4 Å². The van der Waals surface area contributed by atoms with Gasteiger partial charge in [0, 0.05) is 23.1 Å². The van der Waals surface area contributed by atoms with Crippen LogP contribution in [0.4, 0.5) is 0 Å². The number of carbonyl (C=O) groups excluding carboxylic acids is 1. The number of piperidine rings is 1. The largest absolute Gasteiger partial charge is 0.459 e. The molecule has 28 heavy (non-hydrogen) atoms. The molecule has 2 aliphatic heterocycles. The van der Waals surface area contributed by atoms with E-state index in [0.717, 1.165) is 38.5 Å². The highest BCUT2D eigenvalue weighted by Gasteiger charge is 2.48. The van der Waals surface area contributed by atoms with Crippen molar-refractivity contribution in [2.24, 2.45) is 0 Å². The molecular formula is C21H22Cl2N2O3. The first kappa shape index (κ1) is 18.5. The molecule has 2 bridgehead atoms. The van der Waals surface area contributed by atoms with Crippen molar-refractivity contribution in [2.75, 3.05) is 0 Å². The summed E-state index contributed by atoms with van der Waals surface area (Å²) in [5.74, 6) is 0.196. The Morgan fingerprint density at radius 3 is 2.46 bits per heavy atom. The number of nitrogens with zero attached hydrogens (tertiary/aromatic N) is 1. The van der Waals surface area contributed by atoms with E-state index in [1.165, 1.54) is 0 Å². The average molecular weight is 421 g/mol. The van der Waals surface area contributed by atoms with E-state index in [1.807, 2.05) is 0 Å². The monoisotopic (exact) mass is 420 g/mol. The van der Waals surface area contributed by atoms with Crippen LogP contribution in [0.1, 0.15) is 61.6 Å². The summed E-state index contributed by atoms with van der Waals surface area (Å²) < 4.78 is 11.6. The lowest BCUT2D eigenvalue weighted by Crippen LogP contribution is -2.42. The number of rotatable bonds is 4. The number of nitrogens with one attached hydrogen (secondary N) is 1. The molecule has 1 N–H and O–H groups in total. The number of benzene rings is 1. The Hall–Kier alpha value is -1.56. The summed E-state index contributed by atoms with van der Waals surface area (Å²) in [6, 6.07) is 6.11. The summed E-state index contributed by atoms with van der Waals surface area (Å²) in [6.45, 7) is 2.08. The average Bonchev–Trinajstić information content (AvgIpc) is 3.09. The van der Waals surface area contributed by atoms with Crippen LogP contribution in [-0.4, -0.2) is 29.3 Å². The van der Waals surface area contributed by atoms with Gasteiger partial charge in [-0.1, -0.05) is 41.3 Å². The van der Waals surface area contributed by atoms with Gasteiger partial charge in [0.2, 0.25) is 0 Å². The van der Waals surface area contributed by atoms with Gasteiger partial charge in [-0.05, 0) is 50.7 Å². The van der Waals surface area contributed by atoms with E-state index < -0.39 is 0 Å². The van der Waals surface area contributed by atoms with Gasteiger partial charge >= 0.3 is 5.97 Å². The zero-order valence-corrected chi connectivity index (χ0v) is 17.1. The molecule has 1 aromatic heterocycles. The molecule has 3 fully saturated rings. The normalized spacial score (nSPS) is 27.6. The Labute approximate surface area is 173 Å². The number of carbonyl (C=O) groups is 1. The third kappa shape index (κ3) is 3.14. The zero-order valence-electron chi connectivity index (χ0n) is 15.6. The second kappa shape index (κ2) is 6.75. The summed E-state index contributed by atoms with van der Waals surface area (Å²) >= 11 is 12.8. The van der Waals surface area contributed by atoms with Crippen LogP contribution in [-0.2, 0) is 10.2 Å². The standard InChI is InChI=1S/C21H22Cl2N2O3/c1-21(7-8-21)19-17(18(25-28-19)16-14(22)3-2-4-15(16)23)20(26)27-13-9-11-5-6-12(10-13)24-11/h2-4,11-13,24H,5-10H2,1H3/t11-,12+,13?. The molecule has 1 aromatic carbocycles. The molecule has 0 spiro atoms. The number of esters is 1. The van der Waals surface area contributed by atoms with Gasteiger partial charge in [-0.3, -0.25) is 0 Å². The van der Waals surface area contributed by atoms with E-state index in [4.69, 9.17) is 32.5 Å². The Morgan fingerprint density at radius 2 is 1.86 bits per heavy atom. The minimum atomic E-state index is -0.387. The van der Waals surface area contributed by atoms with Crippen molar-refractivity contribution < 1.29 is 14.1 Å². The minimum absolute atomic E-state index is 0.0874. The summed E-state index contributed by atoms with van der Waals surface area (Å²) in [7, 11) is 0. The third-order valence-corrected chi connectivity index (χ3v) is 6.98. The second-order valence-electron chi connectivity index (χ2n) is 8.53. The van der Waals surface area contributed by atoms with Crippen molar-refractivity contribution in [1.82, 2.24) is 10.5 Å². The summed E-state index contributed by atoms with van der Waals surface area (Å²) in [5.41, 5.74) is 1.09. The van der Waals surface area contributed by atoms with E-state index in [-0.39, 0.29) is 17.5 Å². The Balaban J connectivity index is 1.52. The van der Waals surface area contributed by atoms with Crippen LogP contribution in [0.3, 0.4) is 0 Å². The zero-order chi connectivity index (χ0) is 19.5. The number of hydrogen-bond donors (Lipinski definition) is 1. The highest BCUT2D eigenvalue weighted by Crippen LogP contribution is 2.51. The van der Waals surface area contributed by atoms with E-state index >= 15 is 0 Å². The van der Waals surface area contributed by atoms with Crippen molar-refractivity contribution in [3.63, 3.8) is 0 Å². The maximum absolute atomic E-state index is 13.3. The summed E-state index contributed by atoms with van der Waals surface area (Å²) in [6.07, 6.45) is 5.82.